The van der Waals surface area contributed by atoms with Crippen LogP contribution in [0.5, 0.6) is 5.75 Å². The van der Waals surface area contributed by atoms with Crippen molar-refractivity contribution in [3.63, 3.8) is 0 Å². The number of ether oxygens (including phenoxy) is 10. The van der Waals surface area contributed by atoms with E-state index in [1.807, 2.05) is 68.6 Å². The van der Waals surface area contributed by atoms with Crippen molar-refractivity contribution in [2.75, 3.05) is 144 Å². The Hall–Kier alpha value is -7.53. The molecule has 26 heteroatoms. The Bertz CT molecular complexity index is 2880. The fraction of sp³-hybridized carbons (Fsp3) is 0.532. The molecule has 2 heterocycles. The second-order valence-corrected chi connectivity index (χ2v) is 20.4. The number of aromatic amines is 2. The Balaban J connectivity index is 0.907. The Morgan fingerprint density at radius 2 is 0.932 bits per heavy atom. The second kappa shape index (κ2) is 42.4. The number of hydrogen-bond acceptors (Lipinski definition) is 17. The van der Waals surface area contributed by atoms with Crippen LogP contribution in [0.3, 0.4) is 0 Å². The van der Waals surface area contributed by atoms with Crippen LogP contribution in [0, 0.1) is 5.92 Å². The number of carboxylic acids is 2. The van der Waals surface area contributed by atoms with Crippen LogP contribution >= 0.6 is 0 Å². The average molecular weight is 1230 g/mol. The van der Waals surface area contributed by atoms with Gasteiger partial charge in [-0.25, -0.2) is 4.79 Å². The first-order valence-electron chi connectivity index (χ1n) is 29.7. The van der Waals surface area contributed by atoms with Crippen LogP contribution in [0.2, 0.25) is 0 Å². The molecule has 0 aliphatic rings. The Labute approximate surface area is 512 Å². The highest BCUT2D eigenvalue weighted by atomic mass is 16.6. The number of para-hydroxylation sites is 2. The molecule has 5 amide bonds. The molecule has 0 fully saturated rings. The van der Waals surface area contributed by atoms with Crippen molar-refractivity contribution in [3.8, 4) is 5.75 Å². The van der Waals surface area contributed by atoms with Gasteiger partial charge in [0.25, 0.3) is 5.91 Å². The third kappa shape index (κ3) is 29.0. The van der Waals surface area contributed by atoms with E-state index in [-0.39, 0.29) is 93.0 Å². The molecule has 0 spiro atoms. The van der Waals surface area contributed by atoms with Gasteiger partial charge in [-0.2, -0.15) is 0 Å². The number of nitrogens with one attached hydrogen (secondary N) is 7. The van der Waals surface area contributed by atoms with Crippen molar-refractivity contribution < 1.29 is 91.1 Å². The summed E-state index contributed by atoms with van der Waals surface area (Å²) in [6, 6.07) is 17.6. The number of aliphatic carboxylic acids is 2. The van der Waals surface area contributed by atoms with Crippen LogP contribution in [0.4, 0.5) is 5.69 Å². The smallest absolute Gasteiger partial charge is 0.326 e. The fourth-order valence-corrected chi connectivity index (χ4v) is 8.66. The molecule has 88 heavy (non-hydrogen) atoms. The summed E-state index contributed by atoms with van der Waals surface area (Å²) in [6.45, 7) is 11.2. The lowest BCUT2D eigenvalue weighted by Gasteiger charge is -2.21. The molecule has 0 saturated heterocycles. The van der Waals surface area contributed by atoms with Gasteiger partial charge in [0.05, 0.1) is 138 Å². The van der Waals surface area contributed by atoms with Crippen molar-refractivity contribution in [2.45, 2.75) is 70.9 Å². The van der Waals surface area contributed by atoms with Crippen LogP contribution in [0.25, 0.3) is 21.8 Å². The zero-order valence-corrected chi connectivity index (χ0v) is 50.4. The number of H-pyrrole nitrogens is 2. The maximum Gasteiger partial charge on any atom is 0.326 e. The minimum atomic E-state index is -1.16. The highest BCUT2D eigenvalue weighted by Crippen LogP contribution is 2.28. The zero-order chi connectivity index (χ0) is 63.0. The number of carboxylic acid groups (broad SMARTS) is 2. The third-order valence-corrected chi connectivity index (χ3v) is 13.1. The highest BCUT2D eigenvalue weighted by molar-refractivity contribution is 6.01. The highest BCUT2D eigenvalue weighted by Gasteiger charge is 2.26. The quantitative estimate of drug-likeness (QED) is 0.0246. The maximum atomic E-state index is 14.3. The Morgan fingerprint density at radius 3 is 1.41 bits per heavy atom. The predicted molar refractivity (Wildman–Crippen MR) is 324 cm³/mol. The van der Waals surface area contributed by atoms with Gasteiger partial charge in [-0.1, -0.05) is 50.2 Å². The molecule has 0 saturated carbocycles. The van der Waals surface area contributed by atoms with Crippen molar-refractivity contribution >= 4 is 69.0 Å². The predicted octanol–water partition coefficient (Wildman–Crippen LogP) is 4.19. The van der Waals surface area contributed by atoms with Crippen LogP contribution in [0.15, 0.2) is 79.1 Å². The molecule has 2 aromatic heterocycles. The minimum absolute atomic E-state index is 0.00109. The molecule has 3 aromatic carbocycles. The molecule has 0 aliphatic heterocycles. The molecule has 0 unspecified atom stereocenters. The third-order valence-electron chi connectivity index (χ3n) is 13.1. The largest absolute Gasteiger partial charge is 0.491 e. The molecule has 26 nitrogen and oxygen atoms in total. The standard InChI is InChI=1S/C62H87N7O19/c1-44(2)39-54(62(77)78)69-60(75)45-11-12-52(55(41-45)88-20-17-46-42-65-50-9-5-3-7-48(46)50)68-61(76)53(40-47-43-66-51-10-6-4-8-49(47)51)67-58(72)14-13-56(70)63-18-21-79-23-25-81-27-29-83-31-33-85-35-37-87-38-36-86-34-32-84-30-28-82-26-24-80-22-19-64-57(71)15-16-59(73)74/h3-12,41-44,53-54,65-66H,13-40H2,1-2H3,(H,63,70)(H,64,71)(H,67,72)(H,68,76)(H,69,75)(H,73,74)(H,77,78)/t53-,54-/m0/s1. The van der Waals surface area contributed by atoms with Gasteiger partial charge in [-0.15, -0.1) is 0 Å². The molecular weight excluding hydrogens is 1150 g/mol. The van der Waals surface area contributed by atoms with Gasteiger partial charge in [-0.05, 0) is 53.8 Å². The van der Waals surface area contributed by atoms with E-state index < -0.39 is 41.7 Å². The van der Waals surface area contributed by atoms with E-state index in [0.717, 1.165) is 32.9 Å². The van der Waals surface area contributed by atoms with Crippen LogP contribution in [-0.2, 0) is 84.2 Å². The first kappa shape index (κ1) is 71.2. The number of rotatable bonds is 50. The summed E-state index contributed by atoms with van der Waals surface area (Å²) in [5.41, 5.74) is 3.91. The summed E-state index contributed by atoms with van der Waals surface area (Å²) in [6.07, 6.45) is 3.85. The van der Waals surface area contributed by atoms with Gasteiger partial charge in [0.1, 0.15) is 17.8 Å². The van der Waals surface area contributed by atoms with Gasteiger partial charge in [0, 0.05) is 85.0 Å². The molecule has 5 rings (SSSR count). The monoisotopic (exact) mass is 1230 g/mol. The first-order valence-corrected chi connectivity index (χ1v) is 29.7. The van der Waals surface area contributed by atoms with E-state index in [9.17, 15) is 38.7 Å². The number of carbonyl (C=O) groups is 7. The summed E-state index contributed by atoms with van der Waals surface area (Å²) < 4.78 is 55.7. The maximum absolute atomic E-state index is 14.3. The number of amides is 5. The van der Waals surface area contributed by atoms with Crippen molar-refractivity contribution in [2.24, 2.45) is 5.92 Å². The lowest BCUT2D eigenvalue weighted by molar-refractivity contribution is -0.140. The minimum Gasteiger partial charge on any atom is -0.491 e. The normalized spacial score (nSPS) is 12.0. The summed E-state index contributed by atoms with van der Waals surface area (Å²) in [4.78, 5) is 94.5. The summed E-state index contributed by atoms with van der Waals surface area (Å²) >= 11 is 0. The second-order valence-electron chi connectivity index (χ2n) is 20.4. The van der Waals surface area contributed by atoms with Gasteiger partial charge in [0.2, 0.25) is 23.6 Å². The lowest BCUT2D eigenvalue weighted by atomic mass is 10.0. The van der Waals surface area contributed by atoms with E-state index >= 15 is 0 Å². The van der Waals surface area contributed by atoms with Gasteiger partial charge in [-0.3, -0.25) is 28.8 Å². The number of hydrogen-bond donors (Lipinski definition) is 9. The molecule has 484 valence electrons. The van der Waals surface area contributed by atoms with Crippen molar-refractivity contribution in [1.82, 2.24) is 31.2 Å². The molecule has 5 aromatic rings. The van der Waals surface area contributed by atoms with Crippen LogP contribution in [0.1, 0.15) is 67.4 Å². The zero-order valence-electron chi connectivity index (χ0n) is 50.4. The van der Waals surface area contributed by atoms with E-state index in [4.69, 9.17) is 52.5 Å². The van der Waals surface area contributed by atoms with E-state index in [1.165, 1.54) is 18.2 Å². The molecule has 9 N–H and O–H groups in total. The van der Waals surface area contributed by atoms with E-state index in [1.54, 1.807) is 6.20 Å². The first-order chi connectivity index (χ1) is 42.8. The van der Waals surface area contributed by atoms with Gasteiger partial charge >= 0.3 is 11.9 Å². The Morgan fingerprint density at radius 1 is 0.489 bits per heavy atom. The molecule has 0 radical (unpaired) electrons. The summed E-state index contributed by atoms with van der Waals surface area (Å²) in [7, 11) is 0. The van der Waals surface area contributed by atoms with Gasteiger partial charge in [0.15, 0.2) is 0 Å². The number of aromatic nitrogens is 2. The lowest BCUT2D eigenvalue weighted by Crippen LogP contribution is -2.45. The van der Waals surface area contributed by atoms with Gasteiger partial charge < -0.3 is 94.1 Å². The van der Waals surface area contributed by atoms with Crippen LogP contribution < -0.4 is 31.3 Å². The average Bonchev–Trinajstić information content (AvgIpc) is 4.29. The summed E-state index contributed by atoms with van der Waals surface area (Å²) in [5, 5.41) is 33.9. The van der Waals surface area contributed by atoms with Crippen molar-refractivity contribution in [1.29, 1.82) is 0 Å². The number of benzene rings is 3. The molecular formula is C62H87N7O19. The Kier molecular flexibility index (Phi) is 34.3. The number of anilines is 1. The molecule has 0 bridgehead atoms. The van der Waals surface area contributed by atoms with Crippen molar-refractivity contribution in [3.05, 3.63) is 95.8 Å². The summed E-state index contributed by atoms with van der Waals surface area (Å²) in [5.74, 6) is -4.45. The number of fused-ring (bicyclic) bond motifs is 2. The van der Waals surface area contributed by atoms with E-state index in [2.05, 4.69) is 36.6 Å². The topological polar surface area (TPSA) is 344 Å². The fourth-order valence-electron chi connectivity index (χ4n) is 8.66. The number of carbonyl (C=O) groups excluding carboxylic acids is 5. The molecule has 0 aliphatic carbocycles. The van der Waals surface area contributed by atoms with E-state index in [0.29, 0.717) is 125 Å². The SMILES string of the molecule is CC(C)C[C@H](NC(=O)c1ccc(NC(=O)[C@H](Cc2c[nH]c3ccccc23)NC(=O)CCC(=O)NCCOCCOCCOCCOCCOCCOCCOCCOCCOCCNC(=O)CCC(=O)O)c(OCCc2c[nH]c3ccccc23)c1)C(=O)O. The van der Waals surface area contributed by atoms with Crippen LogP contribution in [-0.4, -0.2) is 212 Å². The molecule has 2 atom stereocenters.